The maximum Gasteiger partial charge on any atom is 0.411 e. The second-order valence-electron chi connectivity index (χ2n) is 5.71. The van der Waals surface area contributed by atoms with Crippen molar-refractivity contribution in [2.75, 3.05) is 18.1 Å². The third-order valence-electron chi connectivity index (χ3n) is 3.51. The molecule has 0 radical (unpaired) electrons. The molecule has 11 heteroatoms. The molecule has 7 nitrogen and oxygen atoms in total. The van der Waals surface area contributed by atoms with E-state index in [-0.39, 0.29) is 30.9 Å². The van der Waals surface area contributed by atoms with Gasteiger partial charge in [0.25, 0.3) is 0 Å². The number of alkyl halides is 3. The van der Waals surface area contributed by atoms with E-state index in [4.69, 9.17) is 20.9 Å². The van der Waals surface area contributed by atoms with Crippen LogP contribution < -0.4 is 16.2 Å². The van der Waals surface area contributed by atoms with E-state index in [9.17, 15) is 13.2 Å². The van der Waals surface area contributed by atoms with Gasteiger partial charge in [0.2, 0.25) is 11.8 Å². The highest BCUT2D eigenvalue weighted by Gasteiger charge is 2.27. The minimum Gasteiger partial charge on any atom is -0.471 e. The number of hydrogen-bond donors (Lipinski definition) is 2. The molecule has 2 heterocycles. The Kier molecular flexibility index (Phi) is 5.95. The highest BCUT2D eigenvalue weighted by Crippen LogP contribution is 2.34. The Balaban J connectivity index is 1.84. The van der Waals surface area contributed by atoms with Gasteiger partial charge in [-0.1, -0.05) is 18.2 Å². The average molecular weight is 411 g/mol. The summed E-state index contributed by atoms with van der Waals surface area (Å²) in [6, 6.07) is 6.68. The van der Waals surface area contributed by atoms with E-state index in [0.717, 1.165) is 4.88 Å². The van der Waals surface area contributed by atoms with Crippen LogP contribution in [0.15, 0.2) is 36.0 Å². The van der Waals surface area contributed by atoms with Crippen molar-refractivity contribution in [1.29, 1.82) is 0 Å². The standard InChI is InChI=1S/C17H16F3N5O2S/c18-17(19,20)8-26-6-10-2-1-3-11(4-10)13-14(21)24-16(22)25-15(13)27-7-12-5-23-9-28-12/h1-5,9H,6-8H2,(H4,21,22,24,25). The van der Waals surface area contributed by atoms with Gasteiger partial charge in [0.1, 0.15) is 19.0 Å². The molecule has 0 aliphatic rings. The van der Waals surface area contributed by atoms with Gasteiger partial charge in [-0.2, -0.15) is 23.1 Å². The largest absolute Gasteiger partial charge is 0.471 e. The van der Waals surface area contributed by atoms with Gasteiger partial charge in [-0.15, -0.1) is 11.3 Å². The van der Waals surface area contributed by atoms with E-state index in [1.54, 1.807) is 36.0 Å². The lowest BCUT2D eigenvalue weighted by atomic mass is 10.0. The van der Waals surface area contributed by atoms with Gasteiger partial charge in [-0.25, -0.2) is 0 Å². The predicted octanol–water partition coefficient (Wildman–Crippen LogP) is 3.42. The van der Waals surface area contributed by atoms with Crippen molar-refractivity contribution < 1.29 is 22.6 Å². The molecule has 0 spiro atoms. The molecule has 0 aliphatic carbocycles. The molecule has 3 aromatic rings. The zero-order valence-electron chi connectivity index (χ0n) is 14.4. The summed E-state index contributed by atoms with van der Waals surface area (Å²) in [6.07, 6.45) is -2.72. The number of anilines is 2. The van der Waals surface area contributed by atoms with Crippen molar-refractivity contribution in [2.45, 2.75) is 19.4 Å². The number of nitrogens with zero attached hydrogens (tertiary/aromatic N) is 3. The molecule has 148 valence electrons. The zero-order valence-corrected chi connectivity index (χ0v) is 15.3. The van der Waals surface area contributed by atoms with E-state index in [0.29, 0.717) is 16.7 Å². The summed E-state index contributed by atoms with van der Waals surface area (Å²) < 4.78 is 47.2. The van der Waals surface area contributed by atoms with Gasteiger partial charge in [0, 0.05) is 6.20 Å². The Morgan fingerprint density at radius 2 is 1.93 bits per heavy atom. The summed E-state index contributed by atoms with van der Waals surface area (Å²) in [7, 11) is 0. The molecule has 2 aromatic heterocycles. The number of halogens is 3. The lowest BCUT2D eigenvalue weighted by molar-refractivity contribution is -0.176. The van der Waals surface area contributed by atoms with Crippen LogP contribution in [-0.4, -0.2) is 27.7 Å². The topological polar surface area (TPSA) is 109 Å². The number of nitrogen functional groups attached to an aromatic ring is 2. The fourth-order valence-electron chi connectivity index (χ4n) is 2.40. The van der Waals surface area contributed by atoms with Crippen LogP contribution in [0, 0.1) is 0 Å². The Morgan fingerprint density at radius 3 is 2.64 bits per heavy atom. The number of rotatable bonds is 7. The average Bonchev–Trinajstić information content (AvgIpc) is 3.12. The summed E-state index contributed by atoms with van der Waals surface area (Å²) in [5.41, 5.74) is 14.9. The van der Waals surface area contributed by atoms with E-state index in [1.165, 1.54) is 11.3 Å². The highest BCUT2D eigenvalue weighted by molar-refractivity contribution is 7.09. The van der Waals surface area contributed by atoms with Crippen LogP contribution in [0.4, 0.5) is 24.9 Å². The SMILES string of the molecule is Nc1nc(N)c(-c2cccc(COCC(F)(F)F)c2)c(OCc2cncs2)n1. The zero-order chi connectivity index (χ0) is 20.1. The van der Waals surface area contributed by atoms with Crippen molar-refractivity contribution in [2.24, 2.45) is 0 Å². The van der Waals surface area contributed by atoms with Crippen molar-refractivity contribution in [3.63, 3.8) is 0 Å². The first-order chi connectivity index (χ1) is 13.3. The van der Waals surface area contributed by atoms with Gasteiger partial charge in [0.15, 0.2) is 0 Å². The quantitative estimate of drug-likeness (QED) is 0.613. The summed E-state index contributed by atoms with van der Waals surface area (Å²) in [5, 5.41) is 0. The maximum absolute atomic E-state index is 12.3. The van der Waals surface area contributed by atoms with Crippen LogP contribution in [0.3, 0.4) is 0 Å². The lowest BCUT2D eigenvalue weighted by Gasteiger charge is -2.14. The molecule has 1 aromatic carbocycles. The molecule has 28 heavy (non-hydrogen) atoms. The third-order valence-corrected chi connectivity index (χ3v) is 4.26. The smallest absolute Gasteiger partial charge is 0.411 e. The molecule has 0 bridgehead atoms. The minimum absolute atomic E-state index is 0.0507. The van der Waals surface area contributed by atoms with Crippen molar-refractivity contribution >= 4 is 23.1 Å². The number of nitrogens with two attached hydrogens (primary N) is 2. The number of hydrogen-bond acceptors (Lipinski definition) is 8. The van der Waals surface area contributed by atoms with Crippen molar-refractivity contribution in [3.05, 3.63) is 46.4 Å². The van der Waals surface area contributed by atoms with Gasteiger partial charge >= 0.3 is 6.18 Å². The maximum atomic E-state index is 12.3. The fraction of sp³-hybridized carbons (Fsp3) is 0.235. The Hall–Kier alpha value is -2.92. The van der Waals surface area contributed by atoms with Gasteiger partial charge < -0.3 is 20.9 Å². The lowest BCUT2D eigenvalue weighted by Crippen LogP contribution is -2.16. The first-order valence-electron chi connectivity index (χ1n) is 7.99. The van der Waals surface area contributed by atoms with E-state index < -0.39 is 12.8 Å². The van der Waals surface area contributed by atoms with E-state index in [2.05, 4.69) is 15.0 Å². The molecule has 4 N–H and O–H groups in total. The number of aromatic nitrogens is 3. The highest BCUT2D eigenvalue weighted by atomic mass is 32.1. The van der Waals surface area contributed by atoms with Gasteiger partial charge in [-0.3, -0.25) is 4.98 Å². The van der Waals surface area contributed by atoms with Crippen LogP contribution in [-0.2, 0) is 18.0 Å². The molecule has 3 rings (SSSR count). The normalized spacial score (nSPS) is 11.5. The summed E-state index contributed by atoms with van der Waals surface area (Å²) in [5.74, 6) is 0.220. The molecule has 0 amide bonds. The van der Waals surface area contributed by atoms with Crippen LogP contribution >= 0.6 is 11.3 Å². The Morgan fingerprint density at radius 1 is 1.11 bits per heavy atom. The Bertz CT molecular complexity index is 935. The molecular formula is C17H16F3N5O2S. The number of ether oxygens (including phenoxy) is 2. The Labute approximate surface area is 162 Å². The van der Waals surface area contributed by atoms with Crippen molar-refractivity contribution in [1.82, 2.24) is 15.0 Å². The van der Waals surface area contributed by atoms with E-state index >= 15 is 0 Å². The van der Waals surface area contributed by atoms with Crippen LogP contribution in [0.5, 0.6) is 5.88 Å². The number of benzene rings is 1. The predicted molar refractivity (Wildman–Crippen MR) is 98.4 cm³/mol. The van der Waals surface area contributed by atoms with Crippen LogP contribution in [0.1, 0.15) is 10.4 Å². The fourth-order valence-corrected chi connectivity index (χ4v) is 2.91. The molecule has 0 aliphatic heterocycles. The number of thiazole rings is 1. The summed E-state index contributed by atoms with van der Waals surface area (Å²) in [4.78, 5) is 12.9. The monoisotopic (exact) mass is 411 g/mol. The molecular weight excluding hydrogens is 395 g/mol. The van der Waals surface area contributed by atoms with Gasteiger partial charge in [0.05, 0.1) is 22.6 Å². The molecule has 0 unspecified atom stereocenters. The van der Waals surface area contributed by atoms with Crippen LogP contribution in [0.2, 0.25) is 0 Å². The van der Waals surface area contributed by atoms with Crippen LogP contribution in [0.25, 0.3) is 11.1 Å². The summed E-state index contributed by atoms with van der Waals surface area (Å²) >= 11 is 1.42. The van der Waals surface area contributed by atoms with E-state index in [1.807, 2.05) is 0 Å². The first-order valence-corrected chi connectivity index (χ1v) is 8.87. The molecule has 0 atom stereocenters. The first kappa shape index (κ1) is 19.8. The second-order valence-corrected chi connectivity index (χ2v) is 6.68. The summed E-state index contributed by atoms with van der Waals surface area (Å²) in [6.45, 7) is -1.32. The van der Waals surface area contributed by atoms with Crippen molar-refractivity contribution in [3.8, 4) is 17.0 Å². The molecule has 0 saturated heterocycles. The van der Waals surface area contributed by atoms with Gasteiger partial charge in [-0.05, 0) is 17.2 Å². The minimum atomic E-state index is -4.38. The molecule has 0 fully saturated rings. The molecule has 0 saturated carbocycles. The second kappa shape index (κ2) is 8.40. The third kappa shape index (κ3) is 5.30.